The molecule has 1 unspecified atom stereocenters. The van der Waals surface area contributed by atoms with Gasteiger partial charge in [0.25, 0.3) is 0 Å². The van der Waals surface area contributed by atoms with Crippen molar-refractivity contribution in [3.8, 4) is 0 Å². The van der Waals surface area contributed by atoms with Crippen molar-refractivity contribution < 1.29 is 4.79 Å². The molecular weight excluding hydrogens is 332 g/mol. The molecular formula is C14H20N6OS2. The number of hydrogen-bond acceptors (Lipinski definition) is 7. The molecule has 9 heteroatoms. The van der Waals surface area contributed by atoms with Gasteiger partial charge in [-0.3, -0.25) is 4.79 Å². The molecule has 0 fully saturated rings. The summed E-state index contributed by atoms with van der Waals surface area (Å²) >= 11 is 2.80. The molecule has 0 bridgehead atoms. The second-order valence-corrected chi connectivity index (χ2v) is 7.61. The van der Waals surface area contributed by atoms with Crippen LogP contribution in [0.2, 0.25) is 0 Å². The summed E-state index contributed by atoms with van der Waals surface area (Å²) in [5.41, 5.74) is 0. The number of carbonyl (C=O) groups is 1. The van der Waals surface area contributed by atoms with Gasteiger partial charge < -0.3 is 10.6 Å². The third-order valence-electron chi connectivity index (χ3n) is 2.86. The molecule has 2 N–H and O–H groups in total. The molecule has 23 heavy (non-hydrogen) atoms. The fourth-order valence-electron chi connectivity index (χ4n) is 1.75. The van der Waals surface area contributed by atoms with Gasteiger partial charge in [-0.15, -0.1) is 16.8 Å². The van der Waals surface area contributed by atoms with E-state index in [9.17, 15) is 4.79 Å². The summed E-state index contributed by atoms with van der Waals surface area (Å²) in [6.45, 7) is 10.1. The Kier molecular flexibility index (Phi) is 6.17. The van der Waals surface area contributed by atoms with Gasteiger partial charge in [0.1, 0.15) is 5.82 Å². The number of aromatic nitrogens is 4. The zero-order valence-corrected chi connectivity index (χ0v) is 14.9. The van der Waals surface area contributed by atoms with Crippen molar-refractivity contribution >= 4 is 40.0 Å². The number of anilines is 2. The molecule has 7 nitrogen and oxygen atoms in total. The van der Waals surface area contributed by atoms with Gasteiger partial charge in [-0.05, 0) is 20.8 Å². The maximum absolute atomic E-state index is 12.3. The molecule has 2 rings (SSSR count). The lowest BCUT2D eigenvalue weighted by atomic mass is 10.4. The number of nitrogens with one attached hydrogen (secondary N) is 2. The van der Waals surface area contributed by atoms with E-state index in [4.69, 9.17) is 0 Å². The maximum atomic E-state index is 12.3. The summed E-state index contributed by atoms with van der Waals surface area (Å²) in [7, 11) is 0. The van der Waals surface area contributed by atoms with Crippen molar-refractivity contribution in [3.05, 3.63) is 24.9 Å². The zero-order chi connectivity index (χ0) is 16.8. The van der Waals surface area contributed by atoms with Crippen molar-refractivity contribution in [3.63, 3.8) is 0 Å². The molecule has 2 aromatic rings. The second-order valence-electron chi connectivity index (χ2n) is 5.05. The molecule has 0 saturated carbocycles. The third-order valence-corrected chi connectivity index (χ3v) is 4.93. The van der Waals surface area contributed by atoms with Crippen LogP contribution in [-0.4, -0.2) is 37.7 Å². The predicted molar refractivity (Wildman–Crippen MR) is 95.2 cm³/mol. The molecule has 0 aliphatic heterocycles. The first-order valence-electron chi connectivity index (χ1n) is 7.20. The molecule has 1 atom stereocenters. The molecule has 0 saturated heterocycles. The van der Waals surface area contributed by atoms with Gasteiger partial charge in [0.2, 0.25) is 11.0 Å². The fourth-order valence-corrected chi connectivity index (χ4v) is 3.65. The van der Waals surface area contributed by atoms with E-state index in [1.807, 2.05) is 20.8 Å². The monoisotopic (exact) mass is 352 g/mol. The smallest absolute Gasteiger partial charge is 0.238 e. The van der Waals surface area contributed by atoms with E-state index in [2.05, 4.69) is 32.5 Å². The fraction of sp³-hybridized carbons (Fsp3) is 0.429. The minimum atomic E-state index is -0.286. The Morgan fingerprint density at radius 3 is 2.96 bits per heavy atom. The van der Waals surface area contributed by atoms with Crippen molar-refractivity contribution in [1.29, 1.82) is 0 Å². The van der Waals surface area contributed by atoms with Crippen LogP contribution >= 0.6 is 23.1 Å². The Bertz CT molecular complexity index is 666. The first-order chi connectivity index (χ1) is 11.0. The van der Waals surface area contributed by atoms with E-state index in [0.29, 0.717) is 12.4 Å². The summed E-state index contributed by atoms with van der Waals surface area (Å²) in [6.07, 6.45) is 3.43. The lowest BCUT2D eigenvalue weighted by Crippen LogP contribution is -2.24. The molecule has 0 aromatic carbocycles. The number of thioether (sulfide) groups is 1. The third kappa shape index (κ3) is 4.80. The molecule has 124 valence electrons. The van der Waals surface area contributed by atoms with Crippen LogP contribution in [0.5, 0.6) is 0 Å². The van der Waals surface area contributed by atoms with Gasteiger partial charge in [-0.1, -0.05) is 29.2 Å². The highest BCUT2D eigenvalue weighted by molar-refractivity contribution is 8.02. The molecule has 1 amide bonds. The second kappa shape index (κ2) is 8.11. The van der Waals surface area contributed by atoms with Crippen LogP contribution in [0.3, 0.4) is 0 Å². The number of amides is 1. The highest BCUT2D eigenvalue weighted by Crippen LogP contribution is 2.29. The number of hydrogen-bond donors (Lipinski definition) is 2. The number of carbonyl (C=O) groups excluding carboxylic acids is 1. The van der Waals surface area contributed by atoms with E-state index in [0.717, 1.165) is 9.47 Å². The van der Waals surface area contributed by atoms with E-state index >= 15 is 0 Å². The normalized spacial score (nSPS) is 12.2. The SMILES string of the molecule is C=CCNc1nnc(SC(C)C(=O)Nc2ccnn2C(C)C)s1. The summed E-state index contributed by atoms with van der Waals surface area (Å²) in [6, 6.07) is 1.97. The van der Waals surface area contributed by atoms with Crippen molar-refractivity contribution in [1.82, 2.24) is 20.0 Å². The predicted octanol–water partition coefficient (Wildman–Crippen LogP) is 3.03. The standard InChI is InChI=1S/C14H20N6OS2/c1-5-7-15-13-18-19-14(23-13)22-10(4)12(21)17-11-6-8-16-20(11)9(2)3/h5-6,8-10H,1,7H2,2-4H3,(H,15,18)(H,17,21). The van der Waals surface area contributed by atoms with Crippen LogP contribution < -0.4 is 10.6 Å². The molecule has 2 aromatic heterocycles. The summed E-state index contributed by atoms with van der Waals surface area (Å²) in [4.78, 5) is 12.3. The van der Waals surface area contributed by atoms with Gasteiger partial charge in [-0.25, -0.2) is 4.68 Å². The molecule has 2 heterocycles. The van der Waals surface area contributed by atoms with E-state index < -0.39 is 0 Å². The highest BCUT2D eigenvalue weighted by atomic mass is 32.2. The topological polar surface area (TPSA) is 84.7 Å². The van der Waals surface area contributed by atoms with Crippen LogP contribution in [0.15, 0.2) is 29.3 Å². The minimum Gasteiger partial charge on any atom is -0.357 e. The average molecular weight is 352 g/mol. The Labute approximate surface area is 143 Å². The van der Waals surface area contributed by atoms with E-state index in [1.165, 1.54) is 23.1 Å². The van der Waals surface area contributed by atoms with Crippen LogP contribution in [0.4, 0.5) is 10.9 Å². The largest absolute Gasteiger partial charge is 0.357 e. The molecule has 0 aliphatic carbocycles. The lowest BCUT2D eigenvalue weighted by molar-refractivity contribution is -0.115. The Morgan fingerprint density at radius 2 is 2.26 bits per heavy atom. The van der Waals surface area contributed by atoms with Crippen molar-refractivity contribution in [2.75, 3.05) is 17.2 Å². The van der Waals surface area contributed by atoms with Crippen molar-refractivity contribution in [2.24, 2.45) is 0 Å². The minimum absolute atomic E-state index is 0.0896. The molecule has 0 aliphatic rings. The van der Waals surface area contributed by atoms with Crippen LogP contribution in [-0.2, 0) is 4.79 Å². The summed E-state index contributed by atoms with van der Waals surface area (Å²) < 4.78 is 2.52. The van der Waals surface area contributed by atoms with E-state index in [1.54, 1.807) is 23.0 Å². The quantitative estimate of drug-likeness (QED) is 0.561. The Balaban J connectivity index is 1.93. The summed E-state index contributed by atoms with van der Waals surface area (Å²) in [5, 5.41) is 18.7. The van der Waals surface area contributed by atoms with Gasteiger partial charge in [-0.2, -0.15) is 5.10 Å². The number of nitrogens with zero attached hydrogens (tertiary/aromatic N) is 4. The van der Waals surface area contributed by atoms with Gasteiger partial charge in [0.05, 0.1) is 11.4 Å². The first kappa shape index (κ1) is 17.5. The zero-order valence-electron chi connectivity index (χ0n) is 13.3. The summed E-state index contributed by atoms with van der Waals surface area (Å²) in [5.74, 6) is 0.608. The van der Waals surface area contributed by atoms with Crippen LogP contribution in [0.1, 0.15) is 26.8 Å². The maximum Gasteiger partial charge on any atom is 0.238 e. The van der Waals surface area contributed by atoms with Crippen LogP contribution in [0.25, 0.3) is 0 Å². The average Bonchev–Trinajstić information content (AvgIpc) is 3.14. The number of rotatable bonds is 8. The van der Waals surface area contributed by atoms with Crippen LogP contribution in [0, 0.1) is 0 Å². The van der Waals surface area contributed by atoms with Gasteiger partial charge >= 0.3 is 0 Å². The van der Waals surface area contributed by atoms with Crippen molar-refractivity contribution in [2.45, 2.75) is 36.4 Å². The van der Waals surface area contributed by atoms with Gasteiger partial charge in [0.15, 0.2) is 4.34 Å². The van der Waals surface area contributed by atoms with Gasteiger partial charge in [0, 0.05) is 18.7 Å². The molecule has 0 spiro atoms. The lowest BCUT2D eigenvalue weighted by Gasteiger charge is -2.14. The first-order valence-corrected chi connectivity index (χ1v) is 8.90. The highest BCUT2D eigenvalue weighted by Gasteiger charge is 2.19. The van der Waals surface area contributed by atoms with E-state index in [-0.39, 0.29) is 17.2 Å². The Morgan fingerprint density at radius 1 is 1.48 bits per heavy atom. The molecule has 0 radical (unpaired) electrons. The Hall–Kier alpha value is -1.87.